The Hall–Kier alpha value is -1.55. The second-order valence-corrected chi connectivity index (χ2v) is 17.6. The smallest absolute Gasteiger partial charge is 0.462 e. The molecule has 0 spiro atoms. The quantitative estimate of drug-likeness (QED) is 0.0234. The summed E-state index contributed by atoms with van der Waals surface area (Å²) in [5, 5.41) is 18.3. The number of phosphoric acid groups is 1. The van der Waals surface area contributed by atoms with Gasteiger partial charge in [-0.1, -0.05) is 192 Å². The van der Waals surface area contributed by atoms with Crippen LogP contribution < -0.4 is 0 Å². The maximum atomic E-state index is 12.6. The molecule has 11 heteroatoms. The molecule has 0 heterocycles. The molecule has 0 amide bonds. The van der Waals surface area contributed by atoms with Crippen molar-refractivity contribution in [3.05, 3.63) is 24.3 Å². The third-order valence-corrected chi connectivity index (χ3v) is 11.3. The van der Waals surface area contributed by atoms with E-state index in [4.69, 9.17) is 19.1 Å². The Morgan fingerprint density at radius 1 is 0.500 bits per heavy atom. The molecule has 0 aromatic heterocycles. The van der Waals surface area contributed by atoms with Crippen LogP contribution in [0.4, 0.5) is 0 Å². The Kier molecular flexibility index (Phi) is 42.4. The van der Waals surface area contributed by atoms with Gasteiger partial charge in [0.15, 0.2) is 6.10 Å². The molecule has 0 bridgehead atoms. The summed E-state index contributed by atoms with van der Waals surface area (Å²) in [5.74, 6) is -0.966. The van der Waals surface area contributed by atoms with Crippen LogP contribution in [0.5, 0.6) is 0 Å². The maximum Gasteiger partial charge on any atom is 0.472 e. The van der Waals surface area contributed by atoms with Gasteiger partial charge in [-0.3, -0.25) is 18.6 Å². The first kappa shape index (κ1) is 56.5. The number of esters is 2. The normalized spacial score (nSPS) is 13.9. The van der Waals surface area contributed by atoms with Crippen LogP contribution in [0.25, 0.3) is 0 Å². The van der Waals surface area contributed by atoms with Gasteiger partial charge in [-0.05, 0) is 44.9 Å². The minimum atomic E-state index is -4.62. The third kappa shape index (κ3) is 42.6. The molecule has 3 atom stereocenters. The number of carbonyl (C=O) groups is 2. The first-order valence-corrected chi connectivity index (χ1v) is 25.3. The predicted octanol–water partition coefficient (Wildman–Crippen LogP) is 13.0. The number of hydrogen-bond acceptors (Lipinski definition) is 9. The number of rotatable bonds is 45. The molecule has 58 heavy (non-hydrogen) atoms. The number of allylic oxidation sites excluding steroid dienone is 4. The van der Waals surface area contributed by atoms with E-state index in [1.165, 1.54) is 141 Å². The molecule has 0 rings (SSSR count). The molecule has 0 radical (unpaired) electrons. The fourth-order valence-electron chi connectivity index (χ4n) is 6.66. The Morgan fingerprint density at radius 2 is 0.879 bits per heavy atom. The largest absolute Gasteiger partial charge is 0.472 e. The highest BCUT2D eigenvalue weighted by atomic mass is 31.2. The molecule has 1 unspecified atom stereocenters. The van der Waals surface area contributed by atoms with Crippen molar-refractivity contribution < 1.29 is 47.8 Å². The topological polar surface area (TPSA) is 149 Å². The van der Waals surface area contributed by atoms with E-state index in [0.717, 1.165) is 44.9 Å². The lowest BCUT2D eigenvalue weighted by atomic mass is 10.0. The van der Waals surface area contributed by atoms with E-state index in [1.807, 2.05) is 0 Å². The average molecular weight is 845 g/mol. The van der Waals surface area contributed by atoms with Crippen molar-refractivity contribution in [1.82, 2.24) is 0 Å². The summed E-state index contributed by atoms with van der Waals surface area (Å²) in [6, 6.07) is 0. The average Bonchev–Trinajstić information content (AvgIpc) is 3.21. The zero-order chi connectivity index (χ0) is 42.6. The molecule has 342 valence electrons. The molecule has 0 aromatic carbocycles. The van der Waals surface area contributed by atoms with Gasteiger partial charge in [0.2, 0.25) is 0 Å². The van der Waals surface area contributed by atoms with Crippen LogP contribution in [0.2, 0.25) is 0 Å². The number of hydrogen-bond donors (Lipinski definition) is 3. The van der Waals surface area contributed by atoms with Crippen molar-refractivity contribution in [3.63, 3.8) is 0 Å². The van der Waals surface area contributed by atoms with Gasteiger partial charge >= 0.3 is 19.8 Å². The summed E-state index contributed by atoms with van der Waals surface area (Å²) in [4.78, 5) is 35.0. The lowest BCUT2D eigenvalue weighted by Gasteiger charge is -2.20. The fourth-order valence-corrected chi connectivity index (χ4v) is 7.45. The standard InChI is InChI=1S/C47H89O10P/c1-3-5-7-9-11-13-15-17-18-19-20-21-22-23-24-25-26-27-29-30-32-34-36-38-46(50)54-42-45(43-56-58(52,53)55-41-44(49)40-48)57-47(51)39-37-35-33-31-28-16-14-12-10-8-6-4-2/h25-26,30,32,44-45,48-49H,3-24,27-29,31,33-43H2,1-2H3,(H,52,53)/b26-25+,32-30+/t44-,45+/m1/s1. The minimum Gasteiger partial charge on any atom is -0.462 e. The number of aliphatic hydroxyl groups is 2. The molecule has 0 aliphatic heterocycles. The lowest BCUT2D eigenvalue weighted by molar-refractivity contribution is -0.161. The molecule has 0 aliphatic carbocycles. The van der Waals surface area contributed by atoms with Crippen molar-refractivity contribution in [2.75, 3.05) is 26.4 Å². The Balaban J connectivity index is 4.19. The molecule has 10 nitrogen and oxygen atoms in total. The molecular formula is C47H89O10P. The fraction of sp³-hybridized carbons (Fsp3) is 0.872. The summed E-state index contributed by atoms with van der Waals surface area (Å²) < 4.78 is 32.7. The molecule has 0 saturated heterocycles. The van der Waals surface area contributed by atoms with E-state index in [1.54, 1.807) is 0 Å². The minimum absolute atomic E-state index is 0.180. The highest BCUT2D eigenvalue weighted by molar-refractivity contribution is 7.47. The second-order valence-electron chi connectivity index (χ2n) is 16.1. The summed E-state index contributed by atoms with van der Waals surface area (Å²) >= 11 is 0. The summed E-state index contributed by atoms with van der Waals surface area (Å²) in [6.07, 6.45) is 44.5. The number of aliphatic hydroxyl groups excluding tert-OH is 2. The number of phosphoric ester groups is 1. The third-order valence-electron chi connectivity index (χ3n) is 10.3. The van der Waals surface area contributed by atoms with Crippen LogP contribution >= 0.6 is 7.82 Å². The van der Waals surface area contributed by atoms with Gasteiger partial charge in [0.05, 0.1) is 19.8 Å². The molecule has 0 saturated carbocycles. The van der Waals surface area contributed by atoms with Gasteiger partial charge in [0.1, 0.15) is 12.7 Å². The van der Waals surface area contributed by atoms with Gasteiger partial charge in [-0.25, -0.2) is 4.57 Å². The van der Waals surface area contributed by atoms with E-state index in [0.29, 0.717) is 12.8 Å². The number of carbonyl (C=O) groups excluding carboxylic acids is 2. The van der Waals surface area contributed by atoms with E-state index in [-0.39, 0.29) is 19.4 Å². The molecule has 0 aliphatic rings. The highest BCUT2D eigenvalue weighted by Crippen LogP contribution is 2.43. The van der Waals surface area contributed by atoms with E-state index < -0.39 is 51.8 Å². The summed E-state index contributed by atoms with van der Waals surface area (Å²) in [7, 11) is -4.62. The summed E-state index contributed by atoms with van der Waals surface area (Å²) in [5.41, 5.74) is 0. The second kappa shape index (κ2) is 43.5. The van der Waals surface area contributed by atoms with Gasteiger partial charge in [-0.2, -0.15) is 0 Å². The van der Waals surface area contributed by atoms with Crippen molar-refractivity contribution >= 4 is 19.8 Å². The van der Waals surface area contributed by atoms with Crippen molar-refractivity contribution in [2.24, 2.45) is 0 Å². The zero-order valence-electron chi connectivity index (χ0n) is 37.3. The van der Waals surface area contributed by atoms with Crippen molar-refractivity contribution in [2.45, 2.75) is 238 Å². The molecular weight excluding hydrogens is 755 g/mol. The number of ether oxygens (including phenoxy) is 2. The maximum absolute atomic E-state index is 12.6. The highest BCUT2D eigenvalue weighted by Gasteiger charge is 2.27. The van der Waals surface area contributed by atoms with Crippen LogP contribution in [0.1, 0.15) is 226 Å². The molecule has 0 fully saturated rings. The van der Waals surface area contributed by atoms with Crippen LogP contribution in [0, 0.1) is 0 Å². The van der Waals surface area contributed by atoms with Gasteiger partial charge in [-0.15, -0.1) is 0 Å². The Bertz CT molecular complexity index is 1020. The van der Waals surface area contributed by atoms with Crippen LogP contribution in [-0.2, 0) is 32.7 Å². The number of unbranched alkanes of at least 4 members (excludes halogenated alkanes) is 27. The first-order chi connectivity index (χ1) is 28.2. The van der Waals surface area contributed by atoms with Crippen molar-refractivity contribution in [1.29, 1.82) is 0 Å². The Morgan fingerprint density at radius 3 is 1.34 bits per heavy atom. The van der Waals surface area contributed by atoms with Gasteiger partial charge in [0, 0.05) is 12.8 Å². The van der Waals surface area contributed by atoms with Crippen LogP contribution in [0.3, 0.4) is 0 Å². The van der Waals surface area contributed by atoms with Gasteiger partial charge in [0.25, 0.3) is 0 Å². The summed E-state index contributed by atoms with van der Waals surface area (Å²) in [6.45, 7) is 2.36. The van der Waals surface area contributed by atoms with Crippen LogP contribution in [0.15, 0.2) is 24.3 Å². The SMILES string of the molecule is CCCCCCCCCCCCCCCC/C=C/CC/C=C/CCCC(=O)OC[C@@H](COP(=O)(O)OC[C@H](O)CO)OC(=O)CCCCCCCCCCCCCC. The first-order valence-electron chi connectivity index (χ1n) is 23.8. The Labute approximate surface area is 355 Å². The zero-order valence-corrected chi connectivity index (χ0v) is 38.2. The lowest BCUT2D eigenvalue weighted by Crippen LogP contribution is -2.29. The van der Waals surface area contributed by atoms with Crippen molar-refractivity contribution in [3.8, 4) is 0 Å². The van der Waals surface area contributed by atoms with E-state index >= 15 is 0 Å². The molecule has 3 N–H and O–H groups in total. The monoisotopic (exact) mass is 845 g/mol. The van der Waals surface area contributed by atoms with Crippen LogP contribution in [-0.4, -0.2) is 65.7 Å². The molecule has 0 aromatic rings. The van der Waals surface area contributed by atoms with Gasteiger partial charge < -0.3 is 24.6 Å². The predicted molar refractivity (Wildman–Crippen MR) is 238 cm³/mol. The van der Waals surface area contributed by atoms with E-state index in [2.05, 4.69) is 42.7 Å². The van der Waals surface area contributed by atoms with E-state index in [9.17, 15) is 24.2 Å².